The zero-order valence-electron chi connectivity index (χ0n) is 10.5. The molecule has 1 atom stereocenters. The maximum Gasteiger partial charge on any atom is 0.321 e. The molecule has 0 aromatic carbocycles. The summed E-state index contributed by atoms with van der Waals surface area (Å²) >= 11 is 0. The average molecular weight is 227 g/mol. The number of aromatic nitrogens is 2. The van der Waals surface area contributed by atoms with Crippen LogP contribution in [0.25, 0.3) is 0 Å². The fraction of sp³-hybridized carbons (Fsp3) is 0.818. The first-order valence-electron chi connectivity index (χ1n) is 5.88. The number of rotatable bonds is 7. The van der Waals surface area contributed by atoms with Gasteiger partial charge < -0.3 is 14.6 Å². The van der Waals surface area contributed by atoms with Crippen LogP contribution in [0.4, 0.5) is 6.01 Å². The van der Waals surface area contributed by atoms with E-state index in [0.717, 1.165) is 13.0 Å². The van der Waals surface area contributed by atoms with Crippen LogP contribution in [0.1, 0.15) is 46.0 Å². The summed E-state index contributed by atoms with van der Waals surface area (Å²) in [5.41, 5.74) is 0. The number of anilines is 1. The molecular formula is C11H21N3O2. The lowest BCUT2D eigenvalue weighted by atomic mass is 10.1. The van der Waals surface area contributed by atoms with Crippen molar-refractivity contribution < 1.29 is 9.26 Å². The first-order valence-corrected chi connectivity index (χ1v) is 5.88. The highest BCUT2D eigenvalue weighted by molar-refractivity contribution is 5.18. The smallest absolute Gasteiger partial charge is 0.321 e. The minimum absolute atomic E-state index is 0.0917. The van der Waals surface area contributed by atoms with Gasteiger partial charge in [-0.05, 0) is 19.3 Å². The van der Waals surface area contributed by atoms with E-state index in [4.69, 9.17) is 9.26 Å². The molecule has 1 rings (SSSR count). The van der Waals surface area contributed by atoms with Crippen molar-refractivity contribution in [1.29, 1.82) is 0 Å². The molecule has 1 N–H and O–H groups in total. The minimum Gasteiger partial charge on any atom is -0.370 e. The highest BCUT2D eigenvalue weighted by Crippen LogP contribution is 2.23. The molecule has 0 radical (unpaired) electrons. The van der Waals surface area contributed by atoms with Crippen molar-refractivity contribution in [2.45, 2.75) is 40.2 Å². The van der Waals surface area contributed by atoms with E-state index in [-0.39, 0.29) is 6.10 Å². The zero-order valence-corrected chi connectivity index (χ0v) is 10.5. The number of hydrogen-bond donors (Lipinski definition) is 1. The van der Waals surface area contributed by atoms with E-state index in [1.54, 1.807) is 0 Å². The van der Waals surface area contributed by atoms with Crippen LogP contribution in [-0.2, 0) is 4.74 Å². The first kappa shape index (κ1) is 13.0. The molecule has 0 bridgehead atoms. The number of nitrogens with one attached hydrogen (secondary N) is 1. The van der Waals surface area contributed by atoms with Gasteiger partial charge in [0.25, 0.3) is 0 Å². The fourth-order valence-electron chi connectivity index (χ4n) is 1.40. The Morgan fingerprint density at radius 2 is 2.12 bits per heavy atom. The Balaban J connectivity index is 2.65. The Morgan fingerprint density at radius 1 is 1.38 bits per heavy atom. The van der Waals surface area contributed by atoms with Gasteiger partial charge in [0.1, 0.15) is 6.10 Å². The van der Waals surface area contributed by atoms with Crippen molar-refractivity contribution >= 4 is 6.01 Å². The molecule has 92 valence electrons. The van der Waals surface area contributed by atoms with Crippen LogP contribution < -0.4 is 5.32 Å². The maximum absolute atomic E-state index is 5.59. The molecule has 0 saturated heterocycles. The molecule has 0 spiro atoms. The molecule has 0 aliphatic carbocycles. The van der Waals surface area contributed by atoms with E-state index < -0.39 is 0 Å². The van der Waals surface area contributed by atoms with Crippen LogP contribution >= 0.6 is 0 Å². The van der Waals surface area contributed by atoms with Crippen molar-refractivity contribution in [3.8, 4) is 0 Å². The van der Waals surface area contributed by atoms with Gasteiger partial charge in [0.05, 0.1) is 0 Å². The molecule has 0 fully saturated rings. The van der Waals surface area contributed by atoms with Crippen molar-refractivity contribution in [2.24, 2.45) is 5.92 Å². The molecular weight excluding hydrogens is 206 g/mol. The second-order valence-corrected chi connectivity index (χ2v) is 4.00. The van der Waals surface area contributed by atoms with Crippen molar-refractivity contribution in [1.82, 2.24) is 10.1 Å². The van der Waals surface area contributed by atoms with Gasteiger partial charge in [-0.2, -0.15) is 4.98 Å². The molecule has 0 saturated carbocycles. The number of nitrogens with zero attached hydrogens (tertiary/aromatic N) is 2. The molecule has 5 heteroatoms. The second-order valence-electron chi connectivity index (χ2n) is 4.00. The van der Waals surface area contributed by atoms with Gasteiger partial charge in [0.2, 0.25) is 5.82 Å². The molecule has 1 aromatic rings. The predicted molar refractivity (Wildman–Crippen MR) is 62.3 cm³/mol. The van der Waals surface area contributed by atoms with E-state index in [1.165, 1.54) is 0 Å². The summed E-state index contributed by atoms with van der Waals surface area (Å²) in [6.45, 7) is 9.69. The monoisotopic (exact) mass is 227 g/mol. The molecule has 1 unspecified atom stereocenters. The maximum atomic E-state index is 5.59. The van der Waals surface area contributed by atoms with Gasteiger partial charge in [0, 0.05) is 13.2 Å². The normalized spacial score (nSPS) is 13.1. The molecule has 0 amide bonds. The summed E-state index contributed by atoms with van der Waals surface area (Å²) in [6.07, 6.45) is 0.933. The van der Waals surface area contributed by atoms with E-state index in [9.17, 15) is 0 Å². The molecule has 0 aliphatic heterocycles. The van der Waals surface area contributed by atoms with Crippen LogP contribution in [-0.4, -0.2) is 23.3 Å². The summed E-state index contributed by atoms with van der Waals surface area (Å²) in [4.78, 5) is 4.27. The quantitative estimate of drug-likeness (QED) is 0.776. The Bertz CT molecular complexity index is 299. The average Bonchev–Trinajstić information content (AvgIpc) is 2.70. The third-order valence-corrected chi connectivity index (χ3v) is 2.17. The Labute approximate surface area is 96.6 Å². The lowest BCUT2D eigenvalue weighted by Crippen LogP contribution is -2.13. The highest BCUT2D eigenvalue weighted by Gasteiger charge is 2.21. The summed E-state index contributed by atoms with van der Waals surface area (Å²) in [5, 5.41) is 6.99. The Morgan fingerprint density at radius 3 is 2.69 bits per heavy atom. The highest BCUT2D eigenvalue weighted by atomic mass is 16.5. The number of hydrogen-bond acceptors (Lipinski definition) is 5. The third-order valence-electron chi connectivity index (χ3n) is 2.17. The standard InChI is InChI=1S/C11H21N3O2/c1-5-7-12-11-13-10(14-16-11)9(8(3)4)15-6-2/h8-9H,5-7H2,1-4H3,(H,12,13,14). The predicted octanol–water partition coefficient (Wildman–Crippen LogP) is 2.63. The first-order chi connectivity index (χ1) is 7.69. The van der Waals surface area contributed by atoms with Gasteiger partial charge in [-0.15, -0.1) is 0 Å². The van der Waals surface area contributed by atoms with Gasteiger partial charge in [0.15, 0.2) is 0 Å². The largest absolute Gasteiger partial charge is 0.370 e. The SMILES string of the molecule is CCCNc1nc(C(OCC)C(C)C)no1. The van der Waals surface area contributed by atoms with Crippen LogP contribution in [0.5, 0.6) is 0 Å². The fourth-order valence-corrected chi connectivity index (χ4v) is 1.40. The van der Waals surface area contributed by atoms with Crippen LogP contribution in [0.3, 0.4) is 0 Å². The summed E-state index contributed by atoms with van der Waals surface area (Å²) < 4.78 is 10.7. The third kappa shape index (κ3) is 3.48. The number of ether oxygens (including phenoxy) is 1. The second kappa shape index (κ2) is 6.48. The van der Waals surface area contributed by atoms with Crippen molar-refractivity contribution in [3.63, 3.8) is 0 Å². The van der Waals surface area contributed by atoms with Crippen LogP contribution in [0.2, 0.25) is 0 Å². The lowest BCUT2D eigenvalue weighted by molar-refractivity contribution is 0.0217. The van der Waals surface area contributed by atoms with E-state index >= 15 is 0 Å². The Hall–Kier alpha value is -1.10. The summed E-state index contributed by atoms with van der Waals surface area (Å²) in [5.74, 6) is 0.951. The molecule has 0 aliphatic rings. The molecule has 5 nitrogen and oxygen atoms in total. The van der Waals surface area contributed by atoms with Crippen LogP contribution in [0.15, 0.2) is 4.52 Å². The Kier molecular flexibility index (Phi) is 5.25. The van der Waals surface area contributed by atoms with Crippen molar-refractivity contribution in [2.75, 3.05) is 18.5 Å². The molecule has 1 heterocycles. The van der Waals surface area contributed by atoms with Gasteiger partial charge in [-0.25, -0.2) is 0 Å². The zero-order chi connectivity index (χ0) is 12.0. The van der Waals surface area contributed by atoms with E-state index in [1.807, 2.05) is 6.92 Å². The van der Waals surface area contributed by atoms with Gasteiger partial charge in [-0.3, -0.25) is 0 Å². The molecule has 1 aromatic heterocycles. The topological polar surface area (TPSA) is 60.2 Å². The van der Waals surface area contributed by atoms with Gasteiger partial charge in [-0.1, -0.05) is 25.9 Å². The van der Waals surface area contributed by atoms with Crippen LogP contribution in [0, 0.1) is 5.92 Å². The van der Waals surface area contributed by atoms with E-state index in [0.29, 0.717) is 24.4 Å². The van der Waals surface area contributed by atoms with E-state index in [2.05, 4.69) is 36.2 Å². The van der Waals surface area contributed by atoms with Gasteiger partial charge >= 0.3 is 6.01 Å². The summed E-state index contributed by atoms with van der Waals surface area (Å²) in [7, 11) is 0. The molecule has 16 heavy (non-hydrogen) atoms. The van der Waals surface area contributed by atoms with Crippen molar-refractivity contribution in [3.05, 3.63) is 5.82 Å². The minimum atomic E-state index is -0.0917. The summed E-state index contributed by atoms with van der Waals surface area (Å²) in [6, 6.07) is 0.474. The lowest BCUT2D eigenvalue weighted by Gasteiger charge is -2.16.